The second-order valence-corrected chi connectivity index (χ2v) is 8.84. The number of esters is 1. The predicted octanol–water partition coefficient (Wildman–Crippen LogP) is 2.16. The third kappa shape index (κ3) is 5.38. The van der Waals surface area contributed by atoms with Crippen molar-refractivity contribution in [3.05, 3.63) is 47.5 Å². The quantitative estimate of drug-likeness (QED) is 0.506. The van der Waals surface area contributed by atoms with Gasteiger partial charge in [-0.25, -0.2) is 13.1 Å². The highest BCUT2D eigenvalue weighted by Crippen LogP contribution is 2.21. The normalized spacial score (nSPS) is 11.4. The first-order valence-corrected chi connectivity index (χ1v) is 11.2. The summed E-state index contributed by atoms with van der Waals surface area (Å²) < 4.78 is 40.0. The Morgan fingerprint density at radius 1 is 1.10 bits per heavy atom. The van der Waals surface area contributed by atoms with E-state index in [1.165, 1.54) is 6.07 Å². The molecule has 0 aliphatic rings. The van der Waals surface area contributed by atoms with Crippen LogP contribution in [0.25, 0.3) is 11.0 Å². The van der Waals surface area contributed by atoms with E-state index in [1.54, 1.807) is 30.3 Å². The first-order valence-electron chi connectivity index (χ1n) is 9.00. The van der Waals surface area contributed by atoms with Gasteiger partial charge in [0.15, 0.2) is 6.61 Å². The van der Waals surface area contributed by atoms with E-state index in [2.05, 4.69) is 18.8 Å². The molecule has 0 fully saturated rings. The molecule has 1 aromatic heterocycles. The third-order valence-corrected chi connectivity index (χ3v) is 6.34. The SMILES string of the molecule is Cc1ccc(S(=O)(=O)NCCC(=O)OCC(=O)Nc2cccc3nsnc23)cc1C. The first-order chi connectivity index (χ1) is 14.3. The van der Waals surface area contributed by atoms with Crippen molar-refractivity contribution in [3.8, 4) is 0 Å². The predicted molar refractivity (Wildman–Crippen MR) is 113 cm³/mol. The van der Waals surface area contributed by atoms with E-state index >= 15 is 0 Å². The average molecular weight is 449 g/mol. The van der Waals surface area contributed by atoms with Gasteiger partial charge < -0.3 is 10.1 Å². The van der Waals surface area contributed by atoms with Gasteiger partial charge in [0.05, 0.1) is 28.7 Å². The number of benzene rings is 2. The number of hydrogen-bond acceptors (Lipinski definition) is 8. The van der Waals surface area contributed by atoms with Gasteiger partial charge in [0.2, 0.25) is 10.0 Å². The van der Waals surface area contributed by atoms with Crippen molar-refractivity contribution in [1.82, 2.24) is 13.5 Å². The molecule has 0 bridgehead atoms. The molecule has 158 valence electrons. The van der Waals surface area contributed by atoms with Crippen molar-refractivity contribution in [2.24, 2.45) is 0 Å². The summed E-state index contributed by atoms with van der Waals surface area (Å²) in [5, 5.41) is 2.61. The molecule has 0 aliphatic heterocycles. The van der Waals surface area contributed by atoms with E-state index in [9.17, 15) is 18.0 Å². The van der Waals surface area contributed by atoms with Gasteiger partial charge in [0.1, 0.15) is 11.0 Å². The summed E-state index contributed by atoms with van der Waals surface area (Å²) in [7, 11) is -3.73. The molecule has 0 spiro atoms. The molecule has 0 saturated carbocycles. The maximum atomic E-state index is 12.3. The number of sulfonamides is 1. The lowest BCUT2D eigenvalue weighted by molar-refractivity contribution is -0.147. The number of ether oxygens (including phenoxy) is 1. The zero-order valence-corrected chi connectivity index (χ0v) is 18.0. The number of carbonyl (C=O) groups is 2. The second kappa shape index (κ2) is 9.28. The molecule has 0 atom stereocenters. The number of nitrogens with one attached hydrogen (secondary N) is 2. The fraction of sp³-hybridized carbons (Fsp3) is 0.263. The summed E-state index contributed by atoms with van der Waals surface area (Å²) >= 11 is 1.03. The van der Waals surface area contributed by atoms with Crippen molar-refractivity contribution in [2.75, 3.05) is 18.5 Å². The summed E-state index contributed by atoms with van der Waals surface area (Å²) in [5.41, 5.74) is 3.53. The number of rotatable bonds is 8. The van der Waals surface area contributed by atoms with E-state index in [0.29, 0.717) is 16.7 Å². The standard InChI is InChI=1S/C19H20N4O5S2/c1-12-6-7-14(10-13(12)2)30(26,27)20-9-8-18(25)28-11-17(24)21-15-4-3-5-16-19(15)23-29-22-16/h3-7,10,20H,8-9,11H2,1-2H3,(H,21,24). The number of amides is 1. The molecule has 1 heterocycles. The van der Waals surface area contributed by atoms with E-state index < -0.39 is 28.5 Å². The van der Waals surface area contributed by atoms with E-state index in [0.717, 1.165) is 22.9 Å². The Hall–Kier alpha value is -2.89. The number of aromatic nitrogens is 2. The van der Waals surface area contributed by atoms with Crippen LogP contribution in [-0.4, -0.2) is 42.2 Å². The zero-order chi connectivity index (χ0) is 21.7. The Kier molecular flexibility index (Phi) is 6.75. The summed E-state index contributed by atoms with van der Waals surface area (Å²) in [6.07, 6.45) is -0.205. The molecule has 1 amide bonds. The molecule has 0 saturated heterocycles. The molecule has 3 aromatic rings. The van der Waals surface area contributed by atoms with Crippen molar-refractivity contribution in [1.29, 1.82) is 0 Å². The number of fused-ring (bicyclic) bond motifs is 1. The molecule has 2 aromatic carbocycles. The van der Waals surface area contributed by atoms with Crippen LogP contribution in [-0.2, 0) is 24.3 Å². The van der Waals surface area contributed by atoms with Gasteiger partial charge in [-0.05, 0) is 49.2 Å². The van der Waals surface area contributed by atoms with Crippen molar-refractivity contribution >= 4 is 50.3 Å². The van der Waals surface area contributed by atoms with Crippen LogP contribution in [0.3, 0.4) is 0 Å². The summed E-state index contributed by atoms with van der Waals surface area (Å²) in [5.74, 6) is -1.22. The Bertz CT molecular complexity index is 1190. The minimum atomic E-state index is -3.73. The van der Waals surface area contributed by atoms with Crippen LogP contribution in [0.15, 0.2) is 41.3 Å². The van der Waals surface area contributed by atoms with Crippen LogP contribution in [0.2, 0.25) is 0 Å². The van der Waals surface area contributed by atoms with Crippen molar-refractivity contribution < 1.29 is 22.7 Å². The van der Waals surface area contributed by atoms with Crippen LogP contribution in [0.1, 0.15) is 17.5 Å². The minimum Gasteiger partial charge on any atom is -0.456 e. The van der Waals surface area contributed by atoms with Gasteiger partial charge in [-0.3, -0.25) is 9.59 Å². The van der Waals surface area contributed by atoms with Crippen LogP contribution < -0.4 is 10.0 Å². The van der Waals surface area contributed by atoms with E-state index in [-0.39, 0.29) is 17.9 Å². The number of carbonyl (C=O) groups excluding carboxylic acids is 2. The van der Waals surface area contributed by atoms with Crippen LogP contribution in [0.4, 0.5) is 5.69 Å². The highest BCUT2D eigenvalue weighted by molar-refractivity contribution is 7.89. The molecule has 9 nitrogen and oxygen atoms in total. The summed E-state index contributed by atoms with van der Waals surface area (Å²) in [6, 6.07) is 9.97. The number of hydrogen-bond donors (Lipinski definition) is 2. The number of nitrogens with zero attached hydrogens (tertiary/aromatic N) is 2. The van der Waals surface area contributed by atoms with Gasteiger partial charge in [-0.1, -0.05) is 12.1 Å². The molecule has 3 rings (SSSR count). The Morgan fingerprint density at radius 2 is 1.90 bits per heavy atom. The maximum absolute atomic E-state index is 12.3. The third-order valence-electron chi connectivity index (χ3n) is 4.33. The van der Waals surface area contributed by atoms with E-state index in [4.69, 9.17) is 4.74 Å². The molecule has 0 radical (unpaired) electrons. The highest BCUT2D eigenvalue weighted by Gasteiger charge is 2.16. The van der Waals surface area contributed by atoms with Gasteiger partial charge >= 0.3 is 5.97 Å². The van der Waals surface area contributed by atoms with Crippen LogP contribution in [0, 0.1) is 13.8 Å². The fourth-order valence-electron chi connectivity index (χ4n) is 2.56. The zero-order valence-electron chi connectivity index (χ0n) is 16.3. The second-order valence-electron chi connectivity index (χ2n) is 6.54. The lowest BCUT2D eigenvalue weighted by Crippen LogP contribution is -2.28. The minimum absolute atomic E-state index is 0.129. The monoisotopic (exact) mass is 448 g/mol. The molecular formula is C19H20N4O5S2. The molecule has 30 heavy (non-hydrogen) atoms. The first kappa shape index (κ1) is 21.8. The Labute approximate surface area is 177 Å². The molecule has 2 N–H and O–H groups in total. The lowest BCUT2D eigenvalue weighted by atomic mass is 10.1. The van der Waals surface area contributed by atoms with Crippen LogP contribution >= 0.6 is 11.7 Å². The Morgan fingerprint density at radius 3 is 2.67 bits per heavy atom. The molecular weight excluding hydrogens is 428 g/mol. The summed E-state index contributed by atoms with van der Waals surface area (Å²) in [6.45, 7) is 3.08. The molecule has 0 unspecified atom stereocenters. The smallest absolute Gasteiger partial charge is 0.307 e. The highest BCUT2D eigenvalue weighted by atomic mass is 32.2. The topological polar surface area (TPSA) is 127 Å². The van der Waals surface area contributed by atoms with Crippen LogP contribution in [0.5, 0.6) is 0 Å². The molecule has 11 heteroatoms. The van der Waals surface area contributed by atoms with E-state index in [1.807, 2.05) is 13.8 Å². The molecule has 0 aliphatic carbocycles. The lowest BCUT2D eigenvalue weighted by Gasteiger charge is -2.09. The fourth-order valence-corrected chi connectivity index (χ4v) is 4.23. The number of anilines is 1. The number of aryl methyl sites for hydroxylation is 2. The van der Waals surface area contributed by atoms with Crippen molar-refractivity contribution in [2.45, 2.75) is 25.2 Å². The van der Waals surface area contributed by atoms with Gasteiger partial charge in [-0.15, -0.1) is 0 Å². The maximum Gasteiger partial charge on any atom is 0.307 e. The average Bonchev–Trinajstić information content (AvgIpc) is 3.18. The largest absolute Gasteiger partial charge is 0.456 e. The van der Waals surface area contributed by atoms with Gasteiger partial charge in [0, 0.05) is 6.54 Å². The van der Waals surface area contributed by atoms with Gasteiger partial charge in [-0.2, -0.15) is 8.75 Å². The summed E-state index contributed by atoms with van der Waals surface area (Å²) in [4.78, 5) is 24.0. The Balaban J connectivity index is 1.45. The van der Waals surface area contributed by atoms with Gasteiger partial charge in [0.25, 0.3) is 5.91 Å². The van der Waals surface area contributed by atoms with Crippen molar-refractivity contribution in [3.63, 3.8) is 0 Å².